The average molecular weight is 439 g/mol. The molecule has 0 unspecified atom stereocenters. The van der Waals surface area contributed by atoms with E-state index in [0.717, 1.165) is 50.2 Å². The highest BCUT2D eigenvalue weighted by Gasteiger charge is 2.28. The van der Waals surface area contributed by atoms with E-state index in [0.29, 0.717) is 39.3 Å². The van der Waals surface area contributed by atoms with Gasteiger partial charge in [-0.15, -0.1) is 0 Å². The Morgan fingerprint density at radius 1 is 0.844 bits per heavy atom. The molecule has 9 heteroatoms. The lowest BCUT2D eigenvalue weighted by molar-refractivity contribution is -0.134. The van der Waals surface area contributed by atoms with E-state index in [-0.39, 0.29) is 24.0 Å². The summed E-state index contributed by atoms with van der Waals surface area (Å²) in [6.45, 7) is 4.21. The van der Waals surface area contributed by atoms with Crippen molar-refractivity contribution >= 4 is 17.5 Å². The van der Waals surface area contributed by atoms with Gasteiger partial charge in [0.15, 0.2) is 0 Å². The summed E-state index contributed by atoms with van der Waals surface area (Å²) in [6.07, 6.45) is 4.83. The summed E-state index contributed by atoms with van der Waals surface area (Å²) in [5.74, 6) is 0.827. The third kappa shape index (κ3) is 4.09. The van der Waals surface area contributed by atoms with Crippen LogP contribution in [0.25, 0.3) is 0 Å². The number of para-hydroxylation sites is 1. The van der Waals surface area contributed by atoms with Crippen molar-refractivity contribution in [1.29, 1.82) is 0 Å². The Labute approximate surface area is 187 Å². The molecule has 0 spiro atoms. The fourth-order valence-electron chi connectivity index (χ4n) is 4.99. The first kappa shape index (κ1) is 20.9. The van der Waals surface area contributed by atoms with E-state index in [1.165, 1.54) is 10.2 Å². The molecule has 1 aromatic heterocycles. The van der Waals surface area contributed by atoms with Crippen LogP contribution in [0.5, 0.6) is 0 Å². The van der Waals surface area contributed by atoms with Gasteiger partial charge in [-0.2, -0.15) is 5.10 Å². The molecule has 2 amide bonds. The fourth-order valence-corrected chi connectivity index (χ4v) is 4.99. The number of carbonyl (C=O) groups excluding carboxylic acids is 2. The van der Waals surface area contributed by atoms with Gasteiger partial charge in [0.1, 0.15) is 12.4 Å². The SMILES string of the molecule is O=C(Cn1nc2n(c1=O)CCCCC2)N1CCN(CC(=O)N2CCc3ccccc32)CC1. The highest BCUT2D eigenvalue weighted by Crippen LogP contribution is 2.27. The Morgan fingerprint density at radius 3 is 2.50 bits per heavy atom. The van der Waals surface area contributed by atoms with Crippen LogP contribution in [0.4, 0.5) is 5.69 Å². The van der Waals surface area contributed by atoms with Gasteiger partial charge in [0, 0.05) is 51.4 Å². The Kier molecular flexibility index (Phi) is 5.82. The van der Waals surface area contributed by atoms with Crippen molar-refractivity contribution < 1.29 is 9.59 Å². The van der Waals surface area contributed by atoms with Crippen LogP contribution >= 0.6 is 0 Å². The van der Waals surface area contributed by atoms with Crippen LogP contribution in [0.2, 0.25) is 0 Å². The van der Waals surface area contributed by atoms with Gasteiger partial charge in [0.2, 0.25) is 11.8 Å². The molecular formula is C23H30N6O3. The second-order valence-electron chi connectivity index (χ2n) is 8.90. The molecular weight excluding hydrogens is 408 g/mol. The van der Waals surface area contributed by atoms with Gasteiger partial charge >= 0.3 is 5.69 Å². The number of piperazine rings is 1. The highest BCUT2D eigenvalue weighted by atomic mass is 16.2. The molecule has 1 saturated heterocycles. The number of rotatable bonds is 4. The van der Waals surface area contributed by atoms with Gasteiger partial charge < -0.3 is 9.80 Å². The standard InChI is InChI=1S/C23H30N6O3/c30-21(17-29-23(32)28-10-5-1-2-8-20(28)24-29)26-14-12-25(13-15-26)16-22(31)27-11-9-18-6-3-4-7-19(18)27/h3-4,6-7H,1-2,5,8-17H2. The van der Waals surface area contributed by atoms with Crippen molar-refractivity contribution in [3.63, 3.8) is 0 Å². The normalized spacial score (nSPS) is 18.9. The zero-order valence-electron chi connectivity index (χ0n) is 18.4. The van der Waals surface area contributed by atoms with E-state index < -0.39 is 0 Å². The minimum absolute atomic E-state index is 0.0116. The largest absolute Gasteiger partial charge is 0.346 e. The first-order chi connectivity index (χ1) is 15.6. The minimum atomic E-state index is -0.176. The van der Waals surface area contributed by atoms with Crippen molar-refractivity contribution in [3.05, 3.63) is 46.1 Å². The maximum Gasteiger partial charge on any atom is 0.346 e. The van der Waals surface area contributed by atoms with Crippen LogP contribution in [0.1, 0.15) is 30.7 Å². The summed E-state index contributed by atoms with van der Waals surface area (Å²) in [4.78, 5) is 44.0. The summed E-state index contributed by atoms with van der Waals surface area (Å²) in [6, 6.07) is 8.07. The van der Waals surface area contributed by atoms with Crippen LogP contribution in [0, 0.1) is 0 Å². The quantitative estimate of drug-likeness (QED) is 0.695. The molecule has 0 aliphatic carbocycles. The van der Waals surface area contributed by atoms with E-state index in [1.54, 1.807) is 9.47 Å². The highest BCUT2D eigenvalue weighted by molar-refractivity contribution is 5.96. The lowest BCUT2D eigenvalue weighted by atomic mass is 10.2. The van der Waals surface area contributed by atoms with E-state index in [1.807, 2.05) is 23.1 Å². The number of nitrogens with zero attached hydrogens (tertiary/aromatic N) is 6. The van der Waals surface area contributed by atoms with Gasteiger partial charge in [-0.3, -0.25) is 19.1 Å². The van der Waals surface area contributed by atoms with Crippen LogP contribution in [0.3, 0.4) is 0 Å². The molecule has 2 aromatic rings. The molecule has 1 fully saturated rings. The molecule has 0 radical (unpaired) electrons. The molecule has 4 heterocycles. The second kappa shape index (κ2) is 8.90. The average Bonchev–Trinajstić information content (AvgIpc) is 3.26. The summed E-state index contributed by atoms with van der Waals surface area (Å²) >= 11 is 0. The Balaban J connectivity index is 1.14. The summed E-state index contributed by atoms with van der Waals surface area (Å²) in [5.41, 5.74) is 2.07. The maximum absolute atomic E-state index is 12.8. The molecule has 0 bridgehead atoms. The number of hydrogen-bond acceptors (Lipinski definition) is 5. The Morgan fingerprint density at radius 2 is 1.66 bits per heavy atom. The van der Waals surface area contributed by atoms with Crippen molar-refractivity contribution in [2.45, 2.75) is 45.2 Å². The predicted molar refractivity (Wildman–Crippen MR) is 120 cm³/mol. The second-order valence-corrected chi connectivity index (χ2v) is 8.90. The van der Waals surface area contributed by atoms with Crippen LogP contribution in [0.15, 0.2) is 29.1 Å². The number of hydrogen-bond donors (Lipinski definition) is 0. The molecule has 0 N–H and O–H groups in total. The molecule has 1 aromatic carbocycles. The van der Waals surface area contributed by atoms with E-state index in [2.05, 4.69) is 16.1 Å². The van der Waals surface area contributed by atoms with Crippen LogP contribution < -0.4 is 10.6 Å². The Bertz CT molecular complexity index is 1070. The monoisotopic (exact) mass is 438 g/mol. The van der Waals surface area contributed by atoms with E-state index in [4.69, 9.17) is 0 Å². The van der Waals surface area contributed by atoms with Crippen molar-refractivity contribution in [2.24, 2.45) is 0 Å². The minimum Gasteiger partial charge on any atom is -0.339 e. The van der Waals surface area contributed by atoms with Crippen molar-refractivity contribution in [1.82, 2.24) is 24.1 Å². The van der Waals surface area contributed by atoms with E-state index >= 15 is 0 Å². The van der Waals surface area contributed by atoms with Crippen LogP contribution in [-0.4, -0.2) is 75.2 Å². The number of benzene rings is 1. The topological polar surface area (TPSA) is 83.7 Å². The number of anilines is 1. The third-order valence-corrected chi connectivity index (χ3v) is 6.84. The molecule has 3 aliphatic rings. The van der Waals surface area contributed by atoms with Gasteiger partial charge in [-0.05, 0) is 30.9 Å². The lowest BCUT2D eigenvalue weighted by Crippen LogP contribution is -2.52. The molecule has 0 atom stereocenters. The summed E-state index contributed by atoms with van der Waals surface area (Å²) in [7, 11) is 0. The molecule has 5 rings (SSSR count). The van der Waals surface area contributed by atoms with E-state index in [9.17, 15) is 14.4 Å². The zero-order valence-corrected chi connectivity index (χ0v) is 18.4. The first-order valence-electron chi connectivity index (χ1n) is 11.6. The molecule has 0 saturated carbocycles. The number of carbonyl (C=O) groups is 2. The van der Waals surface area contributed by atoms with Gasteiger partial charge in [-0.25, -0.2) is 9.48 Å². The van der Waals surface area contributed by atoms with Crippen molar-refractivity contribution in [3.8, 4) is 0 Å². The number of fused-ring (bicyclic) bond motifs is 2. The summed E-state index contributed by atoms with van der Waals surface area (Å²) in [5, 5.41) is 4.42. The first-order valence-corrected chi connectivity index (χ1v) is 11.6. The third-order valence-electron chi connectivity index (χ3n) is 6.84. The number of aromatic nitrogens is 3. The number of amides is 2. The van der Waals surface area contributed by atoms with Crippen LogP contribution in [-0.2, 0) is 35.5 Å². The molecule has 170 valence electrons. The number of aryl methyl sites for hydroxylation is 1. The van der Waals surface area contributed by atoms with Gasteiger partial charge in [0.05, 0.1) is 6.54 Å². The smallest absolute Gasteiger partial charge is 0.339 e. The van der Waals surface area contributed by atoms with Gasteiger partial charge in [-0.1, -0.05) is 24.6 Å². The summed E-state index contributed by atoms with van der Waals surface area (Å²) < 4.78 is 3.05. The Hall–Kier alpha value is -2.94. The zero-order chi connectivity index (χ0) is 22.1. The molecule has 3 aliphatic heterocycles. The predicted octanol–water partition coefficient (Wildman–Crippen LogP) is 0.505. The maximum atomic E-state index is 12.8. The fraction of sp³-hybridized carbons (Fsp3) is 0.565. The van der Waals surface area contributed by atoms with Crippen molar-refractivity contribution in [2.75, 3.05) is 44.2 Å². The molecule has 32 heavy (non-hydrogen) atoms. The lowest BCUT2D eigenvalue weighted by Gasteiger charge is -2.35. The van der Waals surface area contributed by atoms with Gasteiger partial charge in [0.25, 0.3) is 0 Å². The molecule has 9 nitrogen and oxygen atoms in total.